The first-order valence-electron chi connectivity index (χ1n) is 12.5. The van der Waals surface area contributed by atoms with Crippen molar-refractivity contribution in [3.05, 3.63) is 90.0 Å². The molecule has 1 aliphatic rings. The molecule has 1 amide bonds. The Morgan fingerprint density at radius 1 is 1.08 bits per heavy atom. The number of carbonyl (C=O) groups excluding carboxylic acids is 1. The Morgan fingerprint density at radius 3 is 2.76 bits per heavy atom. The number of carbonyl (C=O) groups is 1. The normalized spacial score (nSPS) is 15.7. The van der Waals surface area contributed by atoms with E-state index in [9.17, 15) is 9.18 Å². The van der Waals surface area contributed by atoms with Gasteiger partial charge in [0, 0.05) is 31.1 Å². The minimum absolute atomic E-state index is 0.0222. The lowest BCUT2D eigenvalue weighted by Gasteiger charge is -2.18. The second-order valence-corrected chi connectivity index (χ2v) is 9.11. The van der Waals surface area contributed by atoms with E-state index in [0.717, 1.165) is 28.8 Å². The minimum atomic E-state index is -0.353. The molecule has 1 saturated heterocycles. The summed E-state index contributed by atoms with van der Waals surface area (Å²) in [4.78, 5) is 19.4. The molecule has 1 fully saturated rings. The number of hydrogen-bond donors (Lipinski definition) is 0. The number of rotatable bonds is 9. The number of ether oxygens (including phenoxy) is 2. The van der Waals surface area contributed by atoms with E-state index in [2.05, 4.69) is 10.6 Å². The molecule has 1 aliphatic heterocycles. The number of aromatic nitrogens is 2. The van der Waals surface area contributed by atoms with Gasteiger partial charge >= 0.3 is 0 Å². The van der Waals surface area contributed by atoms with E-state index in [1.165, 1.54) is 12.1 Å². The van der Waals surface area contributed by atoms with E-state index >= 15 is 0 Å². The average molecular weight is 500 g/mol. The Labute approximate surface area is 215 Å². The fourth-order valence-electron chi connectivity index (χ4n) is 4.92. The molecule has 37 heavy (non-hydrogen) atoms. The number of benzene rings is 3. The van der Waals surface area contributed by atoms with Gasteiger partial charge in [-0.1, -0.05) is 36.4 Å². The standard InChI is InChI=1S/C30H30FN3O3/c1-3-8-21-13-14-27(28(17-21)36-2)37-16-7-15-33-26-12-5-4-11-25(26)32-30(33)22-18-29(35)34(20-22)24-10-6-9-23(31)19-24/h3-6,8-14,17,19,22H,7,15-16,18,20H2,1-2H3/b8-3+. The number of aryl methyl sites for hydroxylation is 1. The smallest absolute Gasteiger partial charge is 0.227 e. The number of halogens is 1. The van der Waals surface area contributed by atoms with Gasteiger partial charge in [0.2, 0.25) is 5.91 Å². The van der Waals surface area contributed by atoms with Crippen molar-refractivity contribution in [1.82, 2.24) is 9.55 Å². The molecule has 1 atom stereocenters. The Bertz CT molecular complexity index is 1450. The second kappa shape index (κ2) is 10.9. The molecule has 6 nitrogen and oxygen atoms in total. The van der Waals surface area contributed by atoms with E-state index in [1.807, 2.05) is 55.5 Å². The van der Waals surface area contributed by atoms with Crippen LogP contribution in [0.15, 0.2) is 72.8 Å². The largest absolute Gasteiger partial charge is 0.493 e. The SMILES string of the molecule is C/C=C/c1ccc(OCCCn2c(C3CC(=O)N(c4cccc(F)c4)C3)nc3ccccc32)c(OC)c1. The number of para-hydroxylation sites is 2. The molecule has 0 aliphatic carbocycles. The number of nitrogens with zero attached hydrogens (tertiary/aromatic N) is 3. The maximum atomic E-state index is 13.8. The lowest BCUT2D eigenvalue weighted by Crippen LogP contribution is -2.24. The van der Waals surface area contributed by atoms with Crippen LogP contribution in [0.2, 0.25) is 0 Å². The number of methoxy groups -OCH3 is 1. The minimum Gasteiger partial charge on any atom is -0.493 e. The summed E-state index contributed by atoms with van der Waals surface area (Å²) in [6.45, 7) is 3.65. The first-order valence-corrected chi connectivity index (χ1v) is 12.5. The number of amides is 1. The summed E-state index contributed by atoms with van der Waals surface area (Å²) in [6.07, 6.45) is 5.09. The summed E-state index contributed by atoms with van der Waals surface area (Å²) in [5, 5.41) is 0. The van der Waals surface area contributed by atoms with E-state index in [-0.39, 0.29) is 17.6 Å². The van der Waals surface area contributed by atoms with Crippen molar-refractivity contribution in [1.29, 1.82) is 0 Å². The third kappa shape index (κ3) is 5.21. The Hall–Kier alpha value is -4.13. The van der Waals surface area contributed by atoms with Gasteiger partial charge in [0.25, 0.3) is 0 Å². The quantitative estimate of drug-likeness (QED) is 0.257. The van der Waals surface area contributed by atoms with Crippen LogP contribution in [-0.4, -0.2) is 35.7 Å². The third-order valence-electron chi connectivity index (χ3n) is 6.62. The van der Waals surface area contributed by atoms with Gasteiger partial charge in [-0.05, 0) is 61.4 Å². The number of allylic oxidation sites excluding steroid dienone is 1. The summed E-state index contributed by atoms with van der Waals surface area (Å²) in [5.74, 6) is 1.83. The van der Waals surface area contributed by atoms with Crippen molar-refractivity contribution in [3.63, 3.8) is 0 Å². The van der Waals surface area contributed by atoms with Crippen LogP contribution in [0.1, 0.15) is 37.1 Å². The second-order valence-electron chi connectivity index (χ2n) is 9.11. The highest BCUT2D eigenvalue weighted by Crippen LogP contribution is 2.34. The predicted octanol–water partition coefficient (Wildman–Crippen LogP) is 6.21. The zero-order valence-corrected chi connectivity index (χ0v) is 21.1. The highest BCUT2D eigenvalue weighted by Gasteiger charge is 2.35. The highest BCUT2D eigenvalue weighted by molar-refractivity contribution is 5.96. The fraction of sp³-hybridized carbons (Fsp3) is 0.267. The van der Waals surface area contributed by atoms with Gasteiger partial charge in [-0.15, -0.1) is 0 Å². The molecular weight excluding hydrogens is 469 g/mol. The van der Waals surface area contributed by atoms with Gasteiger partial charge in [0.05, 0.1) is 24.8 Å². The molecule has 2 heterocycles. The Balaban J connectivity index is 1.32. The van der Waals surface area contributed by atoms with Crippen LogP contribution in [0, 0.1) is 5.82 Å². The van der Waals surface area contributed by atoms with Crippen LogP contribution in [0.4, 0.5) is 10.1 Å². The summed E-state index contributed by atoms with van der Waals surface area (Å²) < 4.78 is 27.6. The van der Waals surface area contributed by atoms with Crippen LogP contribution >= 0.6 is 0 Å². The van der Waals surface area contributed by atoms with Crippen LogP contribution in [0.3, 0.4) is 0 Å². The first-order chi connectivity index (χ1) is 18.1. The van der Waals surface area contributed by atoms with Gasteiger partial charge in [0.1, 0.15) is 11.6 Å². The number of imidazole rings is 1. The molecule has 1 unspecified atom stereocenters. The van der Waals surface area contributed by atoms with Crippen molar-refractivity contribution in [2.24, 2.45) is 0 Å². The van der Waals surface area contributed by atoms with E-state index < -0.39 is 0 Å². The molecule has 190 valence electrons. The summed E-state index contributed by atoms with van der Waals surface area (Å²) in [7, 11) is 1.64. The zero-order valence-electron chi connectivity index (χ0n) is 21.1. The number of fused-ring (bicyclic) bond motifs is 1. The van der Waals surface area contributed by atoms with Gasteiger partial charge in [-0.2, -0.15) is 0 Å². The molecule has 0 saturated carbocycles. The van der Waals surface area contributed by atoms with Gasteiger partial charge in [0.15, 0.2) is 11.5 Å². The first kappa shape index (κ1) is 24.6. The van der Waals surface area contributed by atoms with Gasteiger partial charge in [-0.3, -0.25) is 4.79 Å². The van der Waals surface area contributed by atoms with Crippen molar-refractivity contribution >= 4 is 28.7 Å². The molecular formula is C30H30FN3O3. The maximum Gasteiger partial charge on any atom is 0.227 e. The van der Waals surface area contributed by atoms with Crippen molar-refractivity contribution in [3.8, 4) is 11.5 Å². The van der Waals surface area contributed by atoms with Crippen molar-refractivity contribution in [2.45, 2.75) is 32.2 Å². The van der Waals surface area contributed by atoms with E-state index in [4.69, 9.17) is 14.5 Å². The monoisotopic (exact) mass is 499 g/mol. The fourth-order valence-corrected chi connectivity index (χ4v) is 4.92. The zero-order chi connectivity index (χ0) is 25.8. The Kier molecular flexibility index (Phi) is 7.21. The maximum absolute atomic E-state index is 13.8. The highest BCUT2D eigenvalue weighted by atomic mass is 19.1. The third-order valence-corrected chi connectivity index (χ3v) is 6.62. The topological polar surface area (TPSA) is 56.6 Å². The van der Waals surface area contributed by atoms with Crippen molar-refractivity contribution < 1.29 is 18.7 Å². The van der Waals surface area contributed by atoms with Crippen LogP contribution < -0.4 is 14.4 Å². The number of hydrogen-bond acceptors (Lipinski definition) is 4. The molecule has 0 spiro atoms. The molecule has 7 heteroatoms. The molecule has 0 radical (unpaired) electrons. The molecule has 1 aromatic heterocycles. The van der Waals surface area contributed by atoms with Gasteiger partial charge in [-0.25, -0.2) is 9.37 Å². The van der Waals surface area contributed by atoms with Crippen LogP contribution in [0.25, 0.3) is 17.1 Å². The number of anilines is 1. The van der Waals surface area contributed by atoms with Crippen LogP contribution in [0.5, 0.6) is 11.5 Å². The molecule has 0 bridgehead atoms. The van der Waals surface area contributed by atoms with Crippen LogP contribution in [-0.2, 0) is 11.3 Å². The lowest BCUT2D eigenvalue weighted by molar-refractivity contribution is -0.117. The molecule has 0 N–H and O–H groups in total. The van der Waals surface area contributed by atoms with Crippen molar-refractivity contribution in [2.75, 3.05) is 25.2 Å². The summed E-state index contributed by atoms with van der Waals surface area (Å²) in [5.41, 5.74) is 3.57. The van der Waals surface area contributed by atoms with E-state index in [0.29, 0.717) is 43.3 Å². The molecule has 5 rings (SSSR count). The average Bonchev–Trinajstić information content (AvgIpc) is 3.47. The predicted molar refractivity (Wildman–Crippen MR) is 144 cm³/mol. The summed E-state index contributed by atoms with van der Waals surface area (Å²) in [6, 6.07) is 20.1. The molecule has 3 aromatic carbocycles. The Morgan fingerprint density at radius 2 is 1.95 bits per heavy atom. The summed E-state index contributed by atoms with van der Waals surface area (Å²) >= 11 is 0. The lowest BCUT2D eigenvalue weighted by atomic mass is 10.1. The van der Waals surface area contributed by atoms with Gasteiger partial charge < -0.3 is 18.9 Å². The van der Waals surface area contributed by atoms with E-state index in [1.54, 1.807) is 24.1 Å². The molecule has 4 aromatic rings.